The van der Waals surface area contributed by atoms with Crippen molar-refractivity contribution in [2.75, 3.05) is 11.4 Å². The number of hydrogen-bond acceptors (Lipinski definition) is 3. The van der Waals surface area contributed by atoms with E-state index in [0.717, 1.165) is 24.1 Å². The smallest absolute Gasteiger partial charge is 0.270 e. The van der Waals surface area contributed by atoms with Crippen LogP contribution in [0.15, 0.2) is 66.4 Å². The SMILES string of the molecule is CC(C)N(/C=C(/C#N)C(=O)N1CCCc2ccccc21)Cc1ccccc1. The van der Waals surface area contributed by atoms with E-state index in [4.69, 9.17) is 0 Å². The van der Waals surface area contributed by atoms with Gasteiger partial charge in [-0.15, -0.1) is 0 Å². The van der Waals surface area contributed by atoms with Crippen molar-refractivity contribution < 1.29 is 4.79 Å². The minimum atomic E-state index is -0.219. The van der Waals surface area contributed by atoms with E-state index in [0.29, 0.717) is 13.1 Å². The lowest BCUT2D eigenvalue weighted by Crippen LogP contribution is -2.37. The Morgan fingerprint density at radius 1 is 1.19 bits per heavy atom. The number of fused-ring (bicyclic) bond motifs is 1. The van der Waals surface area contributed by atoms with Crippen LogP contribution in [0.2, 0.25) is 0 Å². The van der Waals surface area contributed by atoms with Gasteiger partial charge in [-0.3, -0.25) is 4.79 Å². The number of amides is 1. The van der Waals surface area contributed by atoms with E-state index in [9.17, 15) is 10.1 Å². The van der Waals surface area contributed by atoms with Crippen molar-refractivity contribution in [3.8, 4) is 6.07 Å². The molecular weight excluding hydrogens is 334 g/mol. The molecule has 1 heterocycles. The molecule has 2 aromatic rings. The Morgan fingerprint density at radius 3 is 2.59 bits per heavy atom. The molecule has 0 aliphatic carbocycles. The monoisotopic (exact) mass is 359 g/mol. The lowest BCUT2D eigenvalue weighted by atomic mass is 10.0. The number of nitriles is 1. The molecule has 0 radical (unpaired) electrons. The molecule has 27 heavy (non-hydrogen) atoms. The van der Waals surface area contributed by atoms with Crippen LogP contribution in [0.5, 0.6) is 0 Å². The Morgan fingerprint density at radius 2 is 1.89 bits per heavy atom. The lowest BCUT2D eigenvalue weighted by molar-refractivity contribution is -0.114. The summed E-state index contributed by atoms with van der Waals surface area (Å²) in [7, 11) is 0. The molecule has 0 aromatic heterocycles. The van der Waals surface area contributed by atoms with E-state index in [1.165, 1.54) is 5.56 Å². The maximum Gasteiger partial charge on any atom is 0.270 e. The van der Waals surface area contributed by atoms with E-state index >= 15 is 0 Å². The predicted octanol–water partition coefficient (Wildman–Crippen LogP) is 4.28. The van der Waals surface area contributed by atoms with Crippen LogP contribution < -0.4 is 4.90 Å². The lowest BCUT2D eigenvalue weighted by Gasteiger charge is -2.30. The molecule has 3 rings (SSSR count). The summed E-state index contributed by atoms with van der Waals surface area (Å²) in [4.78, 5) is 16.9. The second kappa shape index (κ2) is 8.55. The number of rotatable bonds is 5. The Bertz CT molecular complexity index is 865. The molecule has 0 bridgehead atoms. The zero-order valence-electron chi connectivity index (χ0n) is 15.9. The number of nitrogens with zero attached hydrogens (tertiary/aromatic N) is 3. The second-order valence-electron chi connectivity index (χ2n) is 7.10. The third kappa shape index (κ3) is 4.38. The molecule has 138 valence electrons. The summed E-state index contributed by atoms with van der Waals surface area (Å²) in [6, 6.07) is 20.3. The van der Waals surface area contributed by atoms with Gasteiger partial charge in [0.25, 0.3) is 5.91 Å². The number of carbonyl (C=O) groups excluding carboxylic acids is 1. The summed E-state index contributed by atoms with van der Waals surface area (Å²) >= 11 is 0. The first-order valence-electron chi connectivity index (χ1n) is 9.41. The van der Waals surface area contributed by atoms with Gasteiger partial charge in [-0.25, -0.2) is 0 Å². The summed E-state index contributed by atoms with van der Waals surface area (Å²) in [5, 5.41) is 9.68. The van der Waals surface area contributed by atoms with Gasteiger partial charge in [0.1, 0.15) is 11.6 Å². The molecule has 0 N–H and O–H groups in total. The third-order valence-corrected chi connectivity index (χ3v) is 4.87. The van der Waals surface area contributed by atoms with Crippen molar-refractivity contribution in [1.29, 1.82) is 5.26 Å². The van der Waals surface area contributed by atoms with Crippen LogP contribution in [0, 0.1) is 11.3 Å². The first kappa shape index (κ1) is 18.7. The zero-order valence-corrected chi connectivity index (χ0v) is 15.9. The minimum Gasteiger partial charge on any atom is -0.369 e. The third-order valence-electron chi connectivity index (χ3n) is 4.87. The average Bonchev–Trinajstić information content (AvgIpc) is 2.70. The van der Waals surface area contributed by atoms with Crippen molar-refractivity contribution >= 4 is 11.6 Å². The number of aryl methyl sites for hydroxylation is 1. The van der Waals surface area contributed by atoms with Crippen LogP contribution in [0.1, 0.15) is 31.4 Å². The molecule has 4 heteroatoms. The van der Waals surface area contributed by atoms with Gasteiger partial charge in [-0.2, -0.15) is 5.26 Å². The maximum absolute atomic E-state index is 13.1. The van der Waals surface area contributed by atoms with Crippen LogP contribution in [0.25, 0.3) is 0 Å². The van der Waals surface area contributed by atoms with Crippen molar-refractivity contribution in [1.82, 2.24) is 4.90 Å². The van der Waals surface area contributed by atoms with Gasteiger partial charge < -0.3 is 9.80 Å². The van der Waals surface area contributed by atoms with E-state index in [1.807, 2.05) is 41.3 Å². The largest absolute Gasteiger partial charge is 0.369 e. The van der Waals surface area contributed by atoms with Crippen LogP contribution >= 0.6 is 0 Å². The number of benzene rings is 2. The first-order chi connectivity index (χ1) is 13.1. The van der Waals surface area contributed by atoms with E-state index < -0.39 is 0 Å². The average molecular weight is 359 g/mol. The van der Waals surface area contributed by atoms with Crippen molar-refractivity contribution in [2.45, 2.75) is 39.3 Å². The highest BCUT2D eigenvalue weighted by Gasteiger charge is 2.25. The van der Waals surface area contributed by atoms with Crippen LogP contribution in [-0.4, -0.2) is 23.4 Å². The molecule has 1 aliphatic rings. The minimum absolute atomic E-state index is 0.176. The molecule has 0 atom stereocenters. The Hall–Kier alpha value is -3.06. The number of carbonyl (C=O) groups is 1. The summed E-state index contributed by atoms with van der Waals surface area (Å²) in [5.41, 5.74) is 3.42. The van der Waals surface area contributed by atoms with Gasteiger partial charge in [0.15, 0.2) is 0 Å². The van der Waals surface area contributed by atoms with Crippen molar-refractivity contribution in [3.63, 3.8) is 0 Å². The van der Waals surface area contributed by atoms with Gasteiger partial charge in [0.05, 0.1) is 0 Å². The first-order valence-corrected chi connectivity index (χ1v) is 9.41. The summed E-state index contributed by atoms with van der Waals surface area (Å²) in [6.07, 6.45) is 3.61. The normalized spacial score (nSPS) is 13.9. The fourth-order valence-corrected chi connectivity index (χ4v) is 3.36. The predicted molar refractivity (Wildman–Crippen MR) is 108 cm³/mol. The molecule has 0 saturated carbocycles. The summed E-state index contributed by atoms with van der Waals surface area (Å²) < 4.78 is 0. The molecule has 1 aliphatic heterocycles. The fourth-order valence-electron chi connectivity index (χ4n) is 3.36. The highest BCUT2D eigenvalue weighted by atomic mass is 16.2. The van der Waals surface area contributed by atoms with Crippen LogP contribution in [0.3, 0.4) is 0 Å². The van der Waals surface area contributed by atoms with E-state index in [2.05, 4.69) is 38.1 Å². The van der Waals surface area contributed by atoms with E-state index in [-0.39, 0.29) is 17.5 Å². The topological polar surface area (TPSA) is 47.3 Å². The van der Waals surface area contributed by atoms with Crippen LogP contribution in [0.4, 0.5) is 5.69 Å². The molecule has 4 nitrogen and oxygen atoms in total. The van der Waals surface area contributed by atoms with Gasteiger partial charge in [0, 0.05) is 31.0 Å². The summed E-state index contributed by atoms with van der Waals surface area (Å²) in [6.45, 7) is 5.44. The van der Waals surface area contributed by atoms with E-state index in [1.54, 1.807) is 11.1 Å². The number of anilines is 1. The van der Waals surface area contributed by atoms with Gasteiger partial charge in [-0.1, -0.05) is 48.5 Å². The maximum atomic E-state index is 13.1. The number of para-hydroxylation sites is 1. The molecule has 0 fully saturated rings. The highest BCUT2D eigenvalue weighted by Crippen LogP contribution is 2.28. The molecule has 0 saturated heterocycles. The quantitative estimate of drug-likeness (QED) is 0.591. The van der Waals surface area contributed by atoms with Gasteiger partial charge >= 0.3 is 0 Å². The molecular formula is C23H25N3O. The fraction of sp³-hybridized carbons (Fsp3) is 0.304. The Labute approximate surface area is 161 Å². The molecule has 0 spiro atoms. The Balaban J connectivity index is 1.86. The van der Waals surface area contributed by atoms with Crippen molar-refractivity contribution in [3.05, 3.63) is 77.5 Å². The van der Waals surface area contributed by atoms with Crippen molar-refractivity contribution in [2.24, 2.45) is 0 Å². The Kier molecular flexibility index (Phi) is 5.93. The second-order valence-corrected chi connectivity index (χ2v) is 7.10. The number of hydrogen-bond donors (Lipinski definition) is 0. The van der Waals surface area contributed by atoms with Gasteiger partial charge in [-0.05, 0) is 43.9 Å². The zero-order chi connectivity index (χ0) is 19.2. The van der Waals surface area contributed by atoms with Gasteiger partial charge in [0.2, 0.25) is 0 Å². The van der Waals surface area contributed by atoms with Crippen LogP contribution in [-0.2, 0) is 17.8 Å². The standard InChI is InChI=1S/C23H25N3O/c1-18(2)25(16-19-9-4-3-5-10-19)17-21(15-24)23(27)26-14-8-12-20-11-6-7-13-22(20)26/h3-7,9-11,13,17-18H,8,12,14,16H2,1-2H3/b21-17-. The molecule has 2 aromatic carbocycles. The highest BCUT2D eigenvalue weighted by molar-refractivity contribution is 6.08. The summed E-state index contributed by atoms with van der Waals surface area (Å²) in [5.74, 6) is -0.219. The molecule has 1 amide bonds. The molecule has 0 unspecified atom stereocenters.